The van der Waals surface area contributed by atoms with E-state index in [4.69, 9.17) is 4.42 Å². The van der Waals surface area contributed by atoms with Crippen molar-refractivity contribution >= 4 is 42.9 Å². The van der Waals surface area contributed by atoms with Gasteiger partial charge in [-0.3, -0.25) is 0 Å². The fourth-order valence-corrected chi connectivity index (χ4v) is 5.70. The molecule has 0 amide bonds. The maximum atomic E-state index is 13.4. The van der Waals surface area contributed by atoms with Crippen molar-refractivity contribution in [2.75, 3.05) is 5.32 Å². The lowest BCUT2D eigenvalue weighted by Crippen LogP contribution is -2.08. The number of nitrogens with zero attached hydrogens (tertiary/aromatic N) is 4. The van der Waals surface area contributed by atoms with Gasteiger partial charge in [0.05, 0.1) is 27.9 Å². The largest absolute Gasteiger partial charge is 0.467 e. The predicted molar refractivity (Wildman–Crippen MR) is 114 cm³/mol. The first-order valence-corrected chi connectivity index (χ1v) is 11.5. The third-order valence-corrected chi connectivity index (χ3v) is 7.52. The van der Waals surface area contributed by atoms with E-state index in [9.17, 15) is 8.42 Å². The molecule has 1 N–H and O–H groups in total. The van der Waals surface area contributed by atoms with Crippen molar-refractivity contribution in [1.82, 2.24) is 19.8 Å². The number of furan rings is 1. The molecular formula is C20H17N5O3S2. The molecule has 0 unspecified atom stereocenters. The zero-order valence-electron chi connectivity index (χ0n) is 16.2. The molecule has 0 atom stereocenters. The predicted octanol–water partition coefficient (Wildman–Crippen LogP) is 3.99. The first-order valence-electron chi connectivity index (χ1n) is 9.16. The van der Waals surface area contributed by atoms with Crippen molar-refractivity contribution in [3.63, 3.8) is 0 Å². The first-order chi connectivity index (χ1) is 14.4. The van der Waals surface area contributed by atoms with Crippen LogP contribution in [0.1, 0.15) is 16.9 Å². The van der Waals surface area contributed by atoms with Crippen LogP contribution in [0.4, 0.5) is 5.82 Å². The summed E-state index contributed by atoms with van der Waals surface area (Å²) in [5.74, 6) is 1.31. The molecule has 30 heavy (non-hydrogen) atoms. The summed E-state index contributed by atoms with van der Waals surface area (Å²) in [6, 6.07) is 10.8. The molecule has 4 heterocycles. The van der Waals surface area contributed by atoms with Crippen LogP contribution in [0.5, 0.6) is 0 Å². The Balaban J connectivity index is 1.68. The Hall–Kier alpha value is -3.24. The van der Waals surface area contributed by atoms with Gasteiger partial charge in [0.25, 0.3) is 0 Å². The average Bonchev–Trinajstić information content (AvgIpc) is 3.47. The maximum Gasteiger partial charge on any atom is 0.229 e. The van der Waals surface area contributed by atoms with Gasteiger partial charge in [-0.25, -0.2) is 13.4 Å². The SMILES string of the molecule is Cc1ccc(C)c(S(=O)(=O)c2nnn3c2nc(NCc2ccco2)c2sccc23)c1. The van der Waals surface area contributed by atoms with E-state index < -0.39 is 9.84 Å². The highest BCUT2D eigenvalue weighted by molar-refractivity contribution is 7.91. The van der Waals surface area contributed by atoms with Gasteiger partial charge in [0.1, 0.15) is 11.6 Å². The first kappa shape index (κ1) is 18.8. The molecule has 5 aromatic rings. The standard InChI is InChI=1S/C20H17N5O3S2/c1-12-5-6-13(2)16(10-12)30(26,27)20-19-22-18(21-11-14-4-3-8-28-14)17-15(7-9-29-17)25(19)24-23-20/h3-10H,11H2,1-2H3,(H,21,22). The van der Waals surface area contributed by atoms with E-state index in [0.717, 1.165) is 21.5 Å². The van der Waals surface area contributed by atoms with E-state index >= 15 is 0 Å². The van der Waals surface area contributed by atoms with Crippen molar-refractivity contribution in [2.24, 2.45) is 0 Å². The number of fused-ring (bicyclic) bond motifs is 3. The molecule has 0 fully saturated rings. The third-order valence-electron chi connectivity index (χ3n) is 4.82. The van der Waals surface area contributed by atoms with Gasteiger partial charge in [-0.1, -0.05) is 17.3 Å². The van der Waals surface area contributed by atoms with E-state index in [1.807, 2.05) is 36.6 Å². The van der Waals surface area contributed by atoms with E-state index in [1.165, 1.54) is 15.9 Å². The molecule has 0 bridgehead atoms. The van der Waals surface area contributed by atoms with Gasteiger partial charge < -0.3 is 9.73 Å². The normalized spacial score (nSPS) is 12.1. The zero-order valence-corrected chi connectivity index (χ0v) is 17.8. The van der Waals surface area contributed by atoms with Crippen molar-refractivity contribution in [2.45, 2.75) is 30.3 Å². The average molecular weight is 440 g/mol. The van der Waals surface area contributed by atoms with Gasteiger partial charge in [-0.05, 0) is 54.6 Å². The van der Waals surface area contributed by atoms with Crippen LogP contribution in [-0.2, 0) is 16.4 Å². The number of sulfone groups is 1. The number of benzene rings is 1. The molecular weight excluding hydrogens is 422 g/mol. The Morgan fingerprint density at radius 1 is 1.20 bits per heavy atom. The minimum Gasteiger partial charge on any atom is -0.467 e. The number of hydrogen-bond acceptors (Lipinski definition) is 8. The fourth-order valence-electron chi connectivity index (χ4n) is 3.30. The number of thiophene rings is 1. The monoisotopic (exact) mass is 439 g/mol. The number of hydrogen-bond donors (Lipinski definition) is 1. The van der Waals surface area contributed by atoms with E-state index in [2.05, 4.69) is 20.6 Å². The summed E-state index contributed by atoms with van der Waals surface area (Å²) in [5.41, 5.74) is 2.42. The van der Waals surface area contributed by atoms with Crippen molar-refractivity contribution in [3.8, 4) is 0 Å². The van der Waals surface area contributed by atoms with E-state index in [-0.39, 0.29) is 15.6 Å². The topological polar surface area (TPSA) is 102 Å². The molecule has 0 saturated heterocycles. The summed E-state index contributed by atoms with van der Waals surface area (Å²) < 4.78 is 34.5. The molecule has 0 aliphatic carbocycles. The second-order valence-corrected chi connectivity index (χ2v) is 9.68. The maximum absolute atomic E-state index is 13.4. The molecule has 0 aliphatic rings. The highest BCUT2D eigenvalue weighted by Gasteiger charge is 2.28. The molecule has 0 radical (unpaired) electrons. The molecule has 0 saturated carbocycles. The summed E-state index contributed by atoms with van der Waals surface area (Å²) in [6.07, 6.45) is 1.60. The van der Waals surface area contributed by atoms with Crippen LogP contribution in [0.3, 0.4) is 0 Å². The summed E-state index contributed by atoms with van der Waals surface area (Å²) in [6.45, 7) is 4.04. The van der Waals surface area contributed by atoms with E-state index in [0.29, 0.717) is 17.9 Å². The van der Waals surface area contributed by atoms with Gasteiger partial charge in [-0.2, -0.15) is 4.52 Å². The Kier molecular flexibility index (Phi) is 4.33. The summed E-state index contributed by atoms with van der Waals surface area (Å²) >= 11 is 1.49. The number of aryl methyl sites for hydroxylation is 2. The smallest absolute Gasteiger partial charge is 0.229 e. The molecule has 0 aliphatic heterocycles. The molecule has 1 aromatic carbocycles. The summed E-state index contributed by atoms with van der Waals surface area (Å²) in [7, 11) is -3.90. The highest BCUT2D eigenvalue weighted by Crippen LogP contribution is 2.32. The highest BCUT2D eigenvalue weighted by atomic mass is 32.2. The van der Waals surface area contributed by atoms with Gasteiger partial charge in [-0.15, -0.1) is 16.4 Å². The van der Waals surface area contributed by atoms with Crippen LogP contribution in [0.15, 0.2) is 62.4 Å². The Bertz CT molecular complexity index is 1480. The number of rotatable bonds is 5. The van der Waals surface area contributed by atoms with Crippen LogP contribution in [0.25, 0.3) is 15.9 Å². The molecule has 8 nitrogen and oxygen atoms in total. The summed E-state index contributed by atoms with van der Waals surface area (Å²) in [5, 5.41) is 13.1. The van der Waals surface area contributed by atoms with Gasteiger partial charge in [0.2, 0.25) is 14.9 Å². The quantitative estimate of drug-likeness (QED) is 0.442. The second kappa shape index (κ2) is 6.92. The number of aromatic nitrogens is 4. The van der Waals surface area contributed by atoms with Crippen LogP contribution >= 0.6 is 11.3 Å². The van der Waals surface area contributed by atoms with E-state index in [1.54, 1.807) is 25.3 Å². The lowest BCUT2D eigenvalue weighted by molar-refractivity contribution is 0.518. The number of anilines is 1. The Labute approximate surface area is 176 Å². The van der Waals surface area contributed by atoms with Crippen LogP contribution < -0.4 is 5.32 Å². The van der Waals surface area contributed by atoms with Crippen LogP contribution in [0.2, 0.25) is 0 Å². The van der Waals surface area contributed by atoms with Crippen molar-refractivity contribution < 1.29 is 12.8 Å². The van der Waals surface area contributed by atoms with Gasteiger partial charge in [0.15, 0.2) is 5.65 Å². The molecule has 10 heteroatoms. The lowest BCUT2D eigenvalue weighted by atomic mass is 10.2. The minimum atomic E-state index is -3.90. The van der Waals surface area contributed by atoms with Gasteiger partial charge in [0, 0.05) is 0 Å². The van der Waals surface area contributed by atoms with Crippen LogP contribution in [-0.4, -0.2) is 28.2 Å². The Morgan fingerprint density at radius 3 is 2.87 bits per heavy atom. The van der Waals surface area contributed by atoms with Crippen molar-refractivity contribution in [1.29, 1.82) is 0 Å². The molecule has 5 rings (SSSR count). The molecule has 0 spiro atoms. The molecule has 152 valence electrons. The second-order valence-electron chi connectivity index (χ2n) is 6.93. The third kappa shape index (κ3) is 2.96. The fraction of sp³-hybridized carbons (Fsp3) is 0.150. The number of nitrogens with one attached hydrogen (secondary N) is 1. The lowest BCUT2D eigenvalue weighted by Gasteiger charge is -2.08. The Morgan fingerprint density at radius 2 is 2.07 bits per heavy atom. The minimum absolute atomic E-state index is 0.162. The van der Waals surface area contributed by atoms with Crippen LogP contribution in [0, 0.1) is 13.8 Å². The van der Waals surface area contributed by atoms with Crippen molar-refractivity contribution in [3.05, 3.63) is 64.9 Å². The van der Waals surface area contributed by atoms with Gasteiger partial charge >= 0.3 is 0 Å². The molecule has 4 aromatic heterocycles. The zero-order chi connectivity index (χ0) is 20.9. The summed E-state index contributed by atoms with van der Waals surface area (Å²) in [4.78, 5) is 4.81.